The summed E-state index contributed by atoms with van der Waals surface area (Å²) < 4.78 is 4.94. The SMILES string of the molecule is COc1ccc(CSCC(=O)N2CCCC2C(=O)O)cc1[N+](=O)[O-]. The second-order valence-corrected chi connectivity index (χ2v) is 6.33. The maximum absolute atomic E-state index is 12.1. The maximum Gasteiger partial charge on any atom is 0.326 e. The molecule has 24 heavy (non-hydrogen) atoms. The van der Waals surface area contributed by atoms with Crippen LogP contribution in [0.25, 0.3) is 0 Å². The molecular weight excluding hydrogens is 336 g/mol. The van der Waals surface area contributed by atoms with Crippen molar-refractivity contribution in [1.29, 1.82) is 0 Å². The fraction of sp³-hybridized carbons (Fsp3) is 0.467. The number of carbonyl (C=O) groups is 2. The van der Waals surface area contributed by atoms with Crippen LogP contribution in [0.4, 0.5) is 5.69 Å². The summed E-state index contributed by atoms with van der Waals surface area (Å²) in [6.07, 6.45) is 1.18. The van der Waals surface area contributed by atoms with Gasteiger partial charge in [0.25, 0.3) is 0 Å². The van der Waals surface area contributed by atoms with Crippen LogP contribution >= 0.6 is 11.8 Å². The van der Waals surface area contributed by atoms with Crippen LogP contribution in [0.3, 0.4) is 0 Å². The minimum atomic E-state index is -0.975. The van der Waals surface area contributed by atoms with Crippen molar-refractivity contribution in [3.63, 3.8) is 0 Å². The second-order valence-electron chi connectivity index (χ2n) is 5.34. The van der Waals surface area contributed by atoms with Crippen molar-refractivity contribution in [2.24, 2.45) is 0 Å². The van der Waals surface area contributed by atoms with Gasteiger partial charge in [-0.25, -0.2) is 4.79 Å². The van der Waals surface area contributed by atoms with Crippen LogP contribution in [0, 0.1) is 10.1 Å². The van der Waals surface area contributed by atoms with Gasteiger partial charge in [-0.15, -0.1) is 11.8 Å². The van der Waals surface area contributed by atoms with E-state index in [1.54, 1.807) is 6.07 Å². The van der Waals surface area contributed by atoms with Crippen LogP contribution in [-0.2, 0) is 15.3 Å². The molecule has 0 bridgehead atoms. The molecule has 1 aromatic rings. The summed E-state index contributed by atoms with van der Waals surface area (Å²) in [5.41, 5.74) is 0.587. The lowest BCUT2D eigenvalue weighted by molar-refractivity contribution is -0.385. The van der Waals surface area contributed by atoms with Crippen molar-refractivity contribution in [2.45, 2.75) is 24.6 Å². The summed E-state index contributed by atoms with van der Waals surface area (Å²) >= 11 is 1.30. The van der Waals surface area contributed by atoms with Gasteiger partial charge < -0.3 is 14.7 Å². The lowest BCUT2D eigenvalue weighted by Gasteiger charge is -2.21. The Labute approximate surface area is 142 Å². The molecule has 2 rings (SSSR count). The molecule has 0 aromatic heterocycles. The molecule has 0 radical (unpaired) electrons. The average Bonchev–Trinajstić information content (AvgIpc) is 3.04. The molecule has 1 aliphatic rings. The first-order valence-corrected chi connectivity index (χ1v) is 8.51. The number of aliphatic carboxylic acids is 1. The molecule has 1 saturated heterocycles. The number of benzene rings is 1. The third-order valence-electron chi connectivity index (χ3n) is 3.79. The maximum atomic E-state index is 12.1. The number of nitro groups is 1. The first kappa shape index (κ1) is 18.1. The van der Waals surface area contributed by atoms with Crippen molar-refractivity contribution < 1.29 is 24.4 Å². The Morgan fingerprint density at radius 3 is 2.88 bits per heavy atom. The normalized spacial score (nSPS) is 16.9. The highest BCUT2D eigenvalue weighted by atomic mass is 32.2. The molecule has 1 aromatic carbocycles. The lowest BCUT2D eigenvalue weighted by Crippen LogP contribution is -2.41. The van der Waals surface area contributed by atoms with Crippen LogP contribution in [0.5, 0.6) is 5.75 Å². The van der Waals surface area contributed by atoms with Gasteiger partial charge in [-0.3, -0.25) is 14.9 Å². The smallest absolute Gasteiger partial charge is 0.326 e. The third-order valence-corrected chi connectivity index (χ3v) is 4.78. The number of methoxy groups -OCH3 is 1. The molecule has 130 valence electrons. The summed E-state index contributed by atoms with van der Waals surface area (Å²) in [4.78, 5) is 35.1. The van der Waals surface area contributed by atoms with Gasteiger partial charge in [-0.1, -0.05) is 6.07 Å². The minimum absolute atomic E-state index is 0.118. The number of nitro benzene ring substituents is 1. The van der Waals surface area contributed by atoms with Gasteiger partial charge in [0.2, 0.25) is 5.91 Å². The fourth-order valence-electron chi connectivity index (χ4n) is 2.63. The van der Waals surface area contributed by atoms with E-state index in [-0.39, 0.29) is 23.1 Å². The molecule has 0 saturated carbocycles. The number of thioether (sulfide) groups is 1. The molecule has 0 aliphatic carbocycles. The fourth-order valence-corrected chi connectivity index (χ4v) is 3.49. The molecular formula is C15H18N2O6S. The van der Waals surface area contributed by atoms with Crippen LogP contribution in [0.1, 0.15) is 18.4 Å². The van der Waals surface area contributed by atoms with E-state index in [2.05, 4.69) is 0 Å². The molecule has 1 unspecified atom stereocenters. The predicted molar refractivity (Wildman–Crippen MR) is 88.2 cm³/mol. The first-order chi connectivity index (χ1) is 11.4. The van der Waals surface area contributed by atoms with E-state index < -0.39 is 16.9 Å². The minimum Gasteiger partial charge on any atom is -0.490 e. The van der Waals surface area contributed by atoms with E-state index in [1.165, 1.54) is 35.9 Å². The van der Waals surface area contributed by atoms with E-state index in [9.17, 15) is 19.7 Å². The molecule has 1 N–H and O–H groups in total. The number of ether oxygens (including phenoxy) is 1. The topological polar surface area (TPSA) is 110 Å². The van der Waals surface area contributed by atoms with E-state index in [4.69, 9.17) is 9.84 Å². The van der Waals surface area contributed by atoms with E-state index in [0.29, 0.717) is 30.7 Å². The third kappa shape index (κ3) is 4.16. The lowest BCUT2D eigenvalue weighted by atomic mass is 10.2. The molecule has 1 aliphatic heterocycles. The molecule has 1 atom stereocenters. The highest BCUT2D eigenvalue weighted by Crippen LogP contribution is 2.29. The highest BCUT2D eigenvalue weighted by Gasteiger charge is 2.33. The zero-order valence-electron chi connectivity index (χ0n) is 13.1. The molecule has 0 spiro atoms. The van der Waals surface area contributed by atoms with Crippen molar-refractivity contribution in [3.05, 3.63) is 33.9 Å². The summed E-state index contributed by atoms with van der Waals surface area (Å²) in [7, 11) is 1.37. The number of carboxylic acids is 1. The first-order valence-electron chi connectivity index (χ1n) is 7.35. The van der Waals surface area contributed by atoms with Gasteiger partial charge in [0.1, 0.15) is 6.04 Å². The largest absolute Gasteiger partial charge is 0.490 e. The Kier molecular flexibility index (Phi) is 6.02. The van der Waals surface area contributed by atoms with Crippen molar-refractivity contribution in [2.75, 3.05) is 19.4 Å². The number of hydrogen-bond acceptors (Lipinski definition) is 6. The van der Waals surface area contributed by atoms with Crippen molar-refractivity contribution >= 4 is 29.3 Å². The summed E-state index contributed by atoms with van der Waals surface area (Å²) in [6.45, 7) is 0.463. The van der Waals surface area contributed by atoms with Gasteiger partial charge in [-0.2, -0.15) is 0 Å². The van der Waals surface area contributed by atoms with E-state index in [0.717, 1.165) is 0 Å². The second kappa shape index (κ2) is 8.00. The Bertz CT molecular complexity index is 651. The van der Waals surface area contributed by atoms with E-state index >= 15 is 0 Å². The van der Waals surface area contributed by atoms with Gasteiger partial charge in [-0.05, 0) is 24.5 Å². The molecule has 8 nitrogen and oxygen atoms in total. The van der Waals surface area contributed by atoms with Crippen molar-refractivity contribution in [1.82, 2.24) is 4.90 Å². The van der Waals surface area contributed by atoms with Gasteiger partial charge in [0.05, 0.1) is 17.8 Å². The quantitative estimate of drug-likeness (QED) is 0.588. The Morgan fingerprint density at radius 2 is 2.25 bits per heavy atom. The van der Waals surface area contributed by atoms with Gasteiger partial charge >= 0.3 is 11.7 Å². The molecule has 1 amide bonds. The Morgan fingerprint density at radius 1 is 1.50 bits per heavy atom. The molecule has 9 heteroatoms. The van der Waals surface area contributed by atoms with Crippen LogP contribution in [-0.4, -0.2) is 52.3 Å². The van der Waals surface area contributed by atoms with Crippen LogP contribution < -0.4 is 4.74 Å². The molecule has 1 fully saturated rings. The Balaban J connectivity index is 1.92. The van der Waals surface area contributed by atoms with Crippen LogP contribution in [0.15, 0.2) is 18.2 Å². The number of rotatable bonds is 7. The number of likely N-dealkylation sites (tertiary alicyclic amines) is 1. The number of amides is 1. The monoisotopic (exact) mass is 354 g/mol. The zero-order chi connectivity index (χ0) is 17.7. The summed E-state index contributed by atoms with van der Waals surface area (Å²) in [5.74, 6) is -0.443. The highest BCUT2D eigenvalue weighted by molar-refractivity contribution is 7.99. The standard InChI is InChI=1S/C15H18N2O6S/c1-23-13-5-4-10(7-12(13)17(21)22)8-24-9-14(18)16-6-2-3-11(16)15(19)20/h4-5,7,11H,2-3,6,8-9H2,1H3,(H,19,20). The summed E-state index contributed by atoms with van der Waals surface area (Å²) in [6, 6.07) is 3.92. The number of carboxylic acid groups (broad SMARTS) is 1. The number of nitrogens with zero attached hydrogens (tertiary/aromatic N) is 2. The molecule has 1 heterocycles. The number of hydrogen-bond donors (Lipinski definition) is 1. The van der Waals surface area contributed by atoms with Crippen molar-refractivity contribution in [3.8, 4) is 5.75 Å². The summed E-state index contributed by atoms with van der Waals surface area (Å²) in [5, 5.41) is 20.1. The average molecular weight is 354 g/mol. The van der Waals surface area contributed by atoms with Gasteiger partial charge in [0.15, 0.2) is 5.75 Å². The Hall–Kier alpha value is -2.29. The van der Waals surface area contributed by atoms with Gasteiger partial charge in [0, 0.05) is 18.4 Å². The van der Waals surface area contributed by atoms with E-state index in [1.807, 2.05) is 0 Å². The number of carbonyl (C=O) groups excluding carboxylic acids is 1. The van der Waals surface area contributed by atoms with Crippen LogP contribution in [0.2, 0.25) is 0 Å². The predicted octanol–water partition coefficient (Wildman–Crippen LogP) is 1.91. The zero-order valence-corrected chi connectivity index (χ0v) is 14.0.